The highest BCUT2D eigenvalue weighted by atomic mass is 79.9. The lowest BCUT2D eigenvalue weighted by Gasteiger charge is -2.10. The van der Waals surface area contributed by atoms with Crippen LogP contribution < -0.4 is 0 Å². The Balaban J connectivity index is 2.59. The van der Waals surface area contributed by atoms with Crippen molar-refractivity contribution in [3.63, 3.8) is 0 Å². The molecule has 0 aliphatic heterocycles. The molecule has 1 aromatic heterocycles. The van der Waals surface area contributed by atoms with Gasteiger partial charge in [0.15, 0.2) is 0 Å². The summed E-state index contributed by atoms with van der Waals surface area (Å²) < 4.78 is 3.11. The third-order valence-corrected chi connectivity index (χ3v) is 3.67. The first-order valence-corrected chi connectivity index (χ1v) is 5.87. The van der Waals surface area contributed by atoms with E-state index in [2.05, 4.69) is 52.5 Å². The Kier molecular flexibility index (Phi) is 2.89. The summed E-state index contributed by atoms with van der Waals surface area (Å²) in [6, 6.07) is 10.2. The topological polar surface area (TPSA) is 4.93 Å². The van der Waals surface area contributed by atoms with Crippen LogP contribution in [0.4, 0.5) is 0 Å². The second-order valence-corrected chi connectivity index (χ2v) is 4.81. The molecule has 0 saturated heterocycles. The predicted molar refractivity (Wildman–Crippen MR) is 68.0 cm³/mol. The summed E-state index contributed by atoms with van der Waals surface area (Å²) in [5.74, 6) is 0. The Labute approximate surface area is 103 Å². The van der Waals surface area contributed by atoms with Crippen LogP contribution in [0.2, 0.25) is 5.02 Å². The molecule has 2 aromatic rings. The average molecular weight is 285 g/mol. The molecule has 3 heteroatoms. The SMILES string of the molecule is Cc1ccc(C)n1-c1ccc(Br)c(Cl)c1. The summed E-state index contributed by atoms with van der Waals surface area (Å²) in [6.07, 6.45) is 0. The van der Waals surface area contributed by atoms with E-state index in [4.69, 9.17) is 11.6 Å². The smallest absolute Gasteiger partial charge is 0.0568 e. The minimum Gasteiger partial charge on any atom is -0.318 e. The molecule has 0 N–H and O–H groups in total. The maximum Gasteiger partial charge on any atom is 0.0568 e. The van der Waals surface area contributed by atoms with Crippen molar-refractivity contribution in [3.8, 4) is 5.69 Å². The molecule has 0 fully saturated rings. The van der Waals surface area contributed by atoms with Crippen LogP contribution in [-0.2, 0) is 0 Å². The highest BCUT2D eigenvalue weighted by Crippen LogP contribution is 2.26. The van der Waals surface area contributed by atoms with Gasteiger partial charge < -0.3 is 4.57 Å². The highest BCUT2D eigenvalue weighted by Gasteiger charge is 2.05. The normalized spacial score (nSPS) is 10.7. The van der Waals surface area contributed by atoms with E-state index in [1.807, 2.05) is 12.1 Å². The highest BCUT2D eigenvalue weighted by molar-refractivity contribution is 9.10. The maximum absolute atomic E-state index is 6.08. The molecule has 0 radical (unpaired) electrons. The minimum atomic E-state index is 0.736. The van der Waals surface area contributed by atoms with Crippen molar-refractivity contribution in [2.24, 2.45) is 0 Å². The van der Waals surface area contributed by atoms with E-state index in [0.717, 1.165) is 15.2 Å². The van der Waals surface area contributed by atoms with Gasteiger partial charge in [0.05, 0.1) is 5.02 Å². The fourth-order valence-electron chi connectivity index (χ4n) is 1.70. The first kappa shape index (κ1) is 10.8. The monoisotopic (exact) mass is 283 g/mol. The predicted octanol–water partition coefficient (Wildman–Crippen LogP) is 4.51. The molecular weight excluding hydrogens is 273 g/mol. The molecule has 1 nitrogen and oxygen atoms in total. The molecule has 2 rings (SSSR count). The molecule has 0 aliphatic carbocycles. The molecule has 0 amide bonds. The van der Waals surface area contributed by atoms with E-state index in [0.29, 0.717) is 0 Å². The van der Waals surface area contributed by atoms with Crippen molar-refractivity contribution in [2.45, 2.75) is 13.8 Å². The molecule has 1 heterocycles. The Bertz CT molecular complexity index is 483. The molecule has 1 aromatic carbocycles. The molecular formula is C12H11BrClN. The maximum atomic E-state index is 6.08. The Morgan fingerprint density at radius 1 is 1.07 bits per heavy atom. The number of nitrogens with zero attached hydrogens (tertiary/aromatic N) is 1. The second-order valence-electron chi connectivity index (χ2n) is 3.55. The quantitative estimate of drug-likeness (QED) is 0.726. The molecule has 78 valence electrons. The van der Waals surface area contributed by atoms with Gasteiger partial charge in [0, 0.05) is 21.5 Å². The van der Waals surface area contributed by atoms with Gasteiger partial charge in [-0.1, -0.05) is 11.6 Å². The lowest BCUT2D eigenvalue weighted by molar-refractivity contribution is 0.965. The zero-order chi connectivity index (χ0) is 11.0. The Hall–Kier alpha value is -0.730. The van der Waals surface area contributed by atoms with Crippen LogP contribution in [0, 0.1) is 13.8 Å². The fourth-order valence-corrected chi connectivity index (χ4v) is 2.12. The van der Waals surface area contributed by atoms with Gasteiger partial charge in [-0.3, -0.25) is 0 Å². The van der Waals surface area contributed by atoms with E-state index >= 15 is 0 Å². The lowest BCUT2D eigenvalue weighted by Crippen LogP contribution is -1.98. The van der Waals surface area contributed by atoms with E-state index < -0.39 is 0 Å². The first-order chi connectivity index (χ1) is 7.09. The van der Waals surface area contributed by atoms with E-state index in [9.17, 15) is 0 Å². The summed E-state index contributed by atoms with van der Waals surface area (Å²) in [6.45, 7) is 4.17. The van der Waals surface area contributed by atoms with Gasteiger partial charge in [0.25, 0.3) is 0 Å². The molecule has 0 aliphatic rings. The molecule has 0 saturated carbocycles. The van der Waals surface area contributed by atoms with Crippen molar-refractivity contribution in [1.82, 2.24) is 4.57 Å². The Morgan fingerprint density at radius 3 is 2.20 bits per heavy atom. The first-order valence-electron chi connectivity index (χ1n) is 4.70. The summed E-state index contributed by atoms with van der Waals surface area (Å²) in [4.78, 5) is 0. The van der Waals surface area contributed by atoms with Crippen LogP contribution in [0.5, 0.6) is 0 Å². The van der Waals surface area contributed by atoms with Gasteiger partial charge >= 0.3 is 0 Å². The van der Waals surface area contributed by atoms with Crippen molar-refractivity contribution in [1.29, 1.82) is 0 Å². The zero-order valence-electron chi connectivity index (χ0n) is 8.59. The minimum absolute atomic E-state index is 0.736. The van der Waals surface area contributed by atoms with Gasteiger partial charge in [-0.25, -0.2) is 0 Å². The van der Waals surface area contributed by atoms with Gasteiger partial charge in [-0.15, -0.1) is 0 Å². The van der Waals surface area contributed by atoms with Gasteiger partial charge in [-0.05, 0) is 60.1 Å². The molecule has 0 spiro atoms. The number of hydrogen-bond donors (Lipinski definition) is 0. The number of aromatic nitrogens is 1. The number of rotatable bonds is 1. The standard InChI is InChI=1S/C12H11BrClN/c1-8-3-4-9(2)15(8)10-5-6-11(13)12(14)7-10/h3-7H,1-2H3. The van der Waals surface area contributed by atoms with Crippen LogP contribution in [-0.4, -0.2) is 4.57 Å². The summed E-state index contributed by atoms with van der Waals surface area (Å²) in [5.41, 5.74) is 3.53. The summed E-state index contributed by atoms with van der Waals surface area (Å²) >= 11 is 9.46. The van der Waals surface area contributed by atoms with Crippen LogP contribution in [0.1, 0.15) is 11.4 Å². The number of aryl methyl sites for hydroxylation is 2. The average Bonchev–Trinajstić information content (AvgIpc) is 2.52. The van der Waals surface area contributed by atoms with Crippen LogP contribution >= 0.6 is 27.5 Å². The zero-order valence-corrected chi connectivity index (χ0v) is 10.9. The Morgan fingerprint density at radius 2 is 1.67 bits per heavy atom. The third kappa shape index (κ3) is 1.97. The molecule has 0 unspecified atom stereocenters. The number of halogens is 2. The van der Waals surface area contributed by atoms with E-state index in [1.165, 1.54) is 11.4 Å². The second kappa shape index (κ2) is 4.03. The van der Waals surface area contributed by atoms with Crippen molar-refractivity contribution in [3.05, 3.63) is 51.2 Å². The van der Waals surface area contributed by atoms with Crippen LogP contribution in [0.25, 0.3) is 5.69 Å². The molecule has 15 heavy (non-hydrogen) atoms. The largest absolute Gasteiger partial charge is 0.318 e. The van der Waals surface area contributed by atoms with Crippen molar-refractivity contribution in [2.75, 3.05) is 0 Å². The van der Waals surface area contributed by atoms with E-state index in [-0.39, 0.29) is 0 Å². The fraction of sp³-hybridized carbons (Fsp3) is 0.167. The molecule has 0 atom stereocenters. The summed E-state index contributed by atoms with van der Waals surface area (Å²) in [7, 11) is 0. The third-order valence-electron chi connectivity index (χ3n) is 2.43. The lowest BCUT2D eigenvalue weighted by atomic mass is 10.3. The number of hydrogen-bond acceptors (Lipinski definition) is 0. The van der Waals surface area contributed by atoms with Crippen molar-refractivity contribution >= 4 is 27.5 Å². The van der Waals surface area contributed by atoms with Gasteiger partial charge in [0.1, 0.15) is 0 Å². The van der Waals surface area contributed by atoms with Gasteiger partial charge in [0.2, 0.25) is 0 Å². The molecule has 0 bridgehead atoms. The van der Waals surface area contributed by atoms with E-state index in [1.54, 1.807) is 0 Å². The van der Waals surface area contributed by atoms with Gasteiger partial charge in [-0.2, -0.15) is 0 Å². The van der Waals surface area contributed by atoms with Crippen LogP contribution in [0.15, 0.2) is 34.8 Å². The summed E-state index contributed by atoms with van der Waals surface area (Å²) in [5, 5.41) is 0.736. The number of benzene rings is 1. The van der Waals surface area contributed by atoms with Crippen molar-refractivity contribution < 1.29 is 0 Å². The van der Waals surface area contributed by atoms with Crippen LogP contribution in [0.3, 0.4) is 0 Å².